The van der Waals surface area contributed by atoms with E-state index >= 15 is 0 Å². The van der Waals surface area contributed by atoms with Crippen LogP contribution in [-0.2, 0) is 4.74 Å². The first-order valence-corrected chi connectivity index (χ1v) is 9.19. The van der Waals surface area contributed by atoms with Gasteiger partial charge >= 0.3 is 5.97 Å². The van der Waals surface area contributed by atoms with Crippen LogP contribution >= 0.6 is 0 Å². The van der Waals surface area contributed by atoms with Crippen LogP contribution in [0.2, 0.25) is 0 Å². The van der Waals surface area contributed by atoms with E-state index in [1.54, 1.807) is 66.7 Å². The predicted octanol–water partition coefficient (Wildman–Crippen LogP) is 3.92. The van der Waals surface area contributed by atoms with Gasteiger partial charge in [-0.1, -0.05) is 36.4 Å². The van der Waals surface area contributed by atoms with Crippen molar-refractivity contribution in [3.8, 4) is 11.3 Å². The number of carbonyl (C=O) groups excluding carboxylic acids is 1. The number of rotatable bonds is 5. The first kappa shape index (κ1) is 19.6. The van der Waals surface area contributed by atoms with Crippen molar-refractivity contribution in [3.63, 3.8) is 0 Å². The van der Waals surface area contributed by atoms with Gasteiger partial charge in [0.15, 0.2) is 0 Å². The van der Waals surface area contributed by atoms with E-state index in [-0.39, 0.29) is 11.6 Å². The van der Waals surface area contributed by atoms with Gasteiger partial charge in [-0.05, 0) is 41.6 Å². The summed E-state index contributed by atoms with van der Waals surface area (Å²) < 4.78 is 5.53. The molecule has 0 aliphatic rings. The first-order chi connectivity index (χ1) is 15.1. The monoisotopic (exact) mass is 413 g/mol. The number of carbonyl (C=O) groups is 1. The second-order valence-electron chi connectivity index (χ2n) is 6.35. The summed E-state index contributed by atoms with van der Waals surface area (Å²) in [6.45, 7) is 0. The van der Waals surface area contributed by atoms with Gasteiger partial charge in [-0.3, -0.25) is 10.1 Å². The van der Waals surface area contributed by atoms with Crippen LogP contribution in [-0.4, -0.2) is 31.9 Å². The Hall–Kier alpha value is -4.66. The van der Waals surface area contributed by atoms with Crippen LogP contribution in [0, 0.1) is 10.1 Å². The van der Waals surface area contributed by atoms with Crippen molar-refractivity contribution in [1.82, 2.24) is 15.1 Å². The smallest absolute Gasteiger partial charge is 0.344 e. The third-order valence-corrected chi connectivity index (χ3v) is 4.27. The molecule has 0 fully saturated rings. The number of nitro groups is 1. The molecule has 9 nitrogen and oxygen atoms in total. The summed E-state index contributed by atoms with van der Waals surface area (Å²) in [5, 5.41) is 23.1. The Kier molecular flexibility index (Phi) is 5.57. The molecule has 0 saturated heterocycles. The average molecular weight is 413 g/mol. The minimum Gasteiger partial charge on any atom is -0.402 e. The molecule has 0 amide bonds. The van der Waals surface area contributed by atoms with Crippen LogP contribution in [0.5, 0.6) is 0 Å². The standard InChI is InChI=1S/C22H15N5O4/c28-22(18-9-5-2-6-10-18)31-21(17-7-3-1-4-8-17)24-26-15-20(23-25-26)16-11-13-19(14-12-16)27(29)30/h1-15H/b24-21+. The minimum absolute atomic E-state index is 0.0200. The van der Waals surface area contributed by atoms with E-state index in [0.717, 1.165) is 0 Å². The second-order valence-corrected chi connectivity index (χ2v) is 6.35. The van der Waals surface area contributed by atoms with E-state index in [9.17, 15) is 14.9 Å². The lowest BCUT2D eigenvalue weighted by molar-refractivity contribution is -0.384. The Balaban J connectivity index is 1.63. The van der Waals surface area contributed by atoms with Crippen LogP contribution in [0.15, 0.2) is 96.2 Å². The van der Waals surface area contributed by atoms with Crippen molar-refractivity contribution in [1.29, 1.82) is 0 Å². The fourth-order valence-corrected chi connectivity index (χ4v) is 2.72. The molecular formula is C22H15N5O4. The van der Waals surface area contributed by atoms with Gasteiger partial charge in [0.1, 0.15) is 5.69 Å². The topological polar surface area (TPSA) is 113 Å². The fourth-order valence-electron chi connectivity index (χ4n) is 2.72. The Morgan fingerprint density at radius 1 is 0.903 bits per heavy atom. The Morgan fingerprint density at radius 3 is 2.13 bits per heavy atom. The number of hydrogen-bond donors (Lipinski definition) is 0. The summed E-state index contributed by atoms with van der Waals surface area (Å²) in [5.41, 5.74) is 2.04. The number of non-ortho nitro benzene ring substituents is 1. The molecule has 4 aromatic rings. The number of aromatic nitrogens is 3. The van der Waals surface area contributed by atoms with Crippen molar-refractivity contribution in [3.05, 3.63) is 112 Å². The molecule has 152 valence electrons. The van der Waals surface area contributed by atoms with Gasteiger partial charge in [-0.15, -0.1) is 15.0 Å². The van der Waals surface area contributed by atoms with Gasteiger partial charge in [0.2, 0.25) is 5.90 Å². The highest BCUT2D eigenvalue weighted by molar-refractivity contribution is 6.05. The normalized spacial score (nSPS) is 11.2. The van der Waals surface area contributed by atoms with Gasteiger partial charge in [-0.25, -0.2) is 4.79 Å². The SMILES string of the molecule is O=C(O/C(=N/n1cc(-c2ccc([N+](=O)[O-])cc2)nn1)c1ccccc1)c1ccccc1. The summed E-state index contributed by atoms with van der Waals surface area (Å²) in [5.74, 6) is -0.506. The summed E-state index contributed by atoms with van der Waals surface area (Å²) in [6, 6.07) is 23.4. The van der Waals surface area contributed by atoms with Gasteiger partial charge in [0.25, 0.3) is 5.69 Å². The molecule has 4 rings (SSSR count). The quantitative estimate of drug-likeness (QED) is 0.161. The molecule has 9 heteroatoms. The number of nitrogens with zero attached hydrogens (tertiary/aromatic N) is 5. The van der Waals surface area contributed by atoms with Crippen molar-refractivity contribution in [2.45, 2.75) is 0 Å². The van der Waals surface area contributed by atoms with Crippen molar-refractivity contribution >= 4 is 17.6 Å². The molecule has 0 bridgehead atoms. The zero-order chi connectivity index (χ0) is 21.6. The van der Waals surface area contributed by atoms with Crippen LogP contribution < -0.4 is 0 Å². The lowest BCUT2D eigenvalue weighted by Crippen LogP contribution is -2.15. The molecule has 0 unspecified atom stereocenters. The number of esters is 1. The van der Waals surface area contributed by atoms with Crippen LogP contribution in [0.1, 0.15) is 15.9 Å². The van der Waals surface area contributed by atoms with E-state index in [1.165, 1.54) is 23.1 Å². The maximum atomic E-state index is 12.5. The lowest BCUT2D eigenvalue weighted by atomic mass is 10.1. The molecule has 0 spiro atoms. The summed E-state index contributed by atoms with van der Waals surface area (Å²) in [6.07, 6.45) is 1.53. The van der Waals surface area contributed by atoms with Crippen LogP contribution in [0.25, 0.3) is 11.3 Å². The summed E-state index contributed by atoms with van der Waals surface area (Å²) in [4.78, 5) is 24.0. The third kappa shape index (κ3) is 4.67. The molecule has 3 aromatic carbocycles. The second kappa shape index (κ2) is 8.78. The third-order valence-electron chi connectivity index (χ3n) is 4.27. The lowest BCUT2D eigenvalue weighted by Gasteiger charge is -2.07. The van der Waals surface area contributed by atoms with Crippen LogP contribution in [0.4, 0.5) is 5.69 Å². The molecule has 1 heterocycles. The molecule has 0 aliphatic heterocycles. The van der Waals surface area contributed by atoms with Gasteiger partial charge < -0.3 is 4.74 Å². The number of ether oxygens (including phenoxy) is 1. The molecule has 0 saturated carbocycles. The van der Waals surface area contributed by atoms with E-state index < -0.39 is 10.9 Å². The predicted molar refractivity (Wildman–Crippen MR) is 112 cm³/mol. The molecular weight excluding hydrogens is 398 g/mol. The van der Waals surface area contributed by atoms with Crippen LogP contribution in [0.3, 0.4) is 0 Å². The number of hydrogen-bond acceptors (Lipinski definition) is 7. The van der Waals surface area contributed by atoms with E-state index in [0.29, 0.717) is 22.4 Å². The zero-order valence-corrected chi connectivity index (χ0v) is 16.0. The van der Waals surface area contributed by atoms with E-state index in [4.69, 9.17) is 4.74 Å². The highest BCUT2D eigenvalue weighted by Gasteiger charge is 2.15. The number of nitro benzene ring substituents is 1. The molecule has 0 aliphatic carbocycles. The molecule has 0 N–H and O–H groups in total. The zero-order valence-electron chi connectivity index (χ0n) is 16.0. The largest absolute Gasteiger partial charge is 0.402 e. The average Bonchev–Trinajstić information content (AvgIpc) is 3.28. The van der Waals surface area contributed by atoms with E-state index in [1.807, 2.05) is 6.07 Å². The van der Waals surface area contributed by atoms with Crippen molar-refractivity contribution in [2.75, 3.05) is 0 Å². The highest BCUT2D eigenvalue weighted by Crippen LogP contribution is 2.20. The molecule has 1 aromatic heterocycles. The maximum absolute atomic E-state index is 12.5. The molecule has 0 radical (unpaired) electrons. The maximum Gasteiger partial charge on any atom is 0.344 e. The first-order valence-electron chi connectivity index (χ1n) is 9.19. The Morgan fingerprint density at radius 2 is 1.52 bits per heavy atom. The summed E-state index contributed by atoms with van der Waals surface area (Å²) in [7, 11) is 0. The van der Waals surface area contributed by atoms with Crippen molar-refractivity contribution < 1.29 is 14.5 Å². The fraction of sp³-hybridized carbons (Fsp3) is 0. The number of benzene rings is 3. The van der Waals surface area contributed by atoms with Gasteiger partial charge in [0, 0.05) is 23.3 Å². The minimum atomic E-state index is -0.557. The Labute approximate surface area is 176 Å². The van der Waals surface area contributed by atoms with Gasteiger partial charge in [0.05, 0.1) is 16.7 Å². The molecule has 0 atom stereocenters. The van der Waals surface area contributed by atoms with E-state index in [2.05, 4.69) is 15.4 Å². The van der Waals surface area contributed by atoms with Crippen molar-refractivity contribution in [2.24, 2.45) is 5.10 Å². The van der Waals surface area contributed by atoms with Gasteiger partial charge in [-0.2, -0.15) is 0 Å². The highest BCUT2D eigenvalue weighted by atomic mass is 16.6. The Bertz CT molecular complexity index is 1240. The summed E-state index contributed by atoms with van der Waals surface area (Å²) >= 11 is 0. The molecule has 31 heavy (non-hydrogen) atoms.